The van der Waals surface area contributed by atoms with Crippen molar-refractivity contribution in [2.24, 2.45) is 5.92 Å². The molecule has 0 radical (unpaired) electrons. The highest BCUT2D eigenvalue weighted by atomic mass is 79.9. The fraction of sp³-hybridized carbons (Fsp3) is 0.692. The van der Waals surface area contributed by atoms with E-state index < -0.39 is 0 Å². The molecule has 17 heavy (non-hydrogen) atoms. The summed E-state index contributed by atoms with van der Waals surface area (Å²) >= 11 is 17.6. The predicted octanol–water partition coefficient (Wildman–Crippen LogP) is 6.80. The molecule has 1 fully saturated rings. The molecular formula is C13H17BrCl2S. The summed E-state index contributed by atoms with van der Waals surface area (Å²) in [6, 6.07) is 2.07. The van der Waals surface area contributed by atoms with Gasteiger partial charge in [0.2, 0.25) is 0 Å². The maximum absolute atomic E-state index is 6.51. The third-order valence-corrected chi connectivity index (χ3v) is 6.62. The Bertz CT molecular complexity index is 337. The third-order valence-electron chi connectivity index (χ3n) is 3.49. The van der Waals surface area contributed by atoms with E-state index in [2.05, 4.69) is 22.0 Å². The molecule has 2 rings (SSSR count). The third kappa shape index (κ3) is 4.12. The molecule has 1 aliphatic carbocycles. The van der Waals surface area contributed by atoms with Gasteiger partial charge in [-0.1, -0.05) is 50.1 Å². The van der Waals surface area contributed by atoms with E-state index in [1.807, 2.05) is 0 Å². The zero-order valence-corrected chi connectivity index (χ0v) is 13.6. The van der Waals surface area contributed by atoms with Crippen LogP contribution in [-0.2, 0) is 0 Å². The van der Waals surface area contributed by atoms with E-state index in [1.165, 1.54) is 43.4 Å². The van der Waals surface area contributed by atoms with Gasteiger partial charge in [0.1, 0.15) is 4.34 Å². The van der Waals surface area contributed by atoms with Crippen LogP contribution in [0.4, 0.5) is 0 Å². The minimum atomic E-state index is 0.131. The summed E-state index contributed by atoms with van der Waals surface area (Å²) in [5.74, 6) is 0.805. The van der Waals surface area contributed by atoms with E-state index in [1.54, 1.807) is 11.3 Å². The first kappa shape index (κ1) is 14.2. The largest absolute Gasteiger partial charge is 0.126 e. The molecule has 0 bridgehead atoms. The topological polar surface area (TPSA) is 0 Å². The zero-order valence-electron chi connectivity index (χ0n) is 9.72. The van der Waals surface area contributed by atoms with E-state index in [0.717, 1.165) is 21.1 Å². The predicted molar refractivity (Wildman–Crippen MR) is 81.4 cm³/mol. The van der Waals surface area contributed by atoms with Crippen LogP contribution in [0.15, 0.2) is 10.5 Å². The number of thiophene rings is 1. The van der Waals surface area contributed by atoms with Gasteiger partial charge in [-0.2, -0.15) is 0 Å². The Balaban J connectivity index is 1.93. The van der Waals surface area contributed by atoms with Gasteiger partial charge in [0.25, 0.3) is 0 Å². The van der Waals surface area contributed by atoms with Crippen molar-refractivity contribution in [2.45, 2.75) is 50.3 Å². The molecule has 0 N–H and O–H groups in total. The van der Waals surface area contributed by atoms with Crippen molar-refractivity contribution in [1.29, 1.82) is 0 Å². The van der Waals surface area contributed by atoms with Crippen molar-refractivity contribution in [3.8, 4) is 0 Å². The van der Waals surface area contributed by atoms with Crippen LogP contribution < -0.4 is 0 Å². The Morgan fingerprint density at radius 2 is 1.94 bits per heavy atom. The van der Waals surface area contributed by atoms with Crippen molar-refractivity contribution in [1.82, 2.24) is 0 Å². The maximum atomic E-state index is 6.51. The van der Waals surface area contributed by atoms with E-state index in [0.29, 0.717) is 0 Å². The fourth-order valence-corrected chi connectivity index (χ4v) is 4.70. The molecular weight excluding hydrogens is 339 g/mol. The normalized spacial score (nSPS) is 20.2. The van der Waals surface area contributed by atoms with Crippen LogP contribution in [0.1, 0.15) is 55.2 Å². The molecule has 0 spiro atoms. The minimum absolute atomic E-state index is 0.131. The highest BCUT2D eigenvalue weighted by molar-refractivity contribution is 9.10. The minimum Gasteiger partial charge on any atom is -0.126 e. The SMILES string of the molecule is Clc1sc(C(Cl)CC2CCCCCC2)cc1Br. The second-order valence-electron chi connectivity index (χ2n) is 4.83. The van der Waals surface area contributed by atoms with E-state index in [9.17, 15) is 0 Å². The Labute approximate surface area is 126 Å². The van der Waals surface area contributed by atoms with Crippen LogP contribution in [0.2, 0.25) is 4.34 Å². The molecule has 4 heteroatoms. The molecule has 0 saturated heterocycles. The lowest BCUT2D eigenvalue weighted by Crippen LogP contribution is -2.02. The summed E-state index contributed by atoms with van der Waals surface area (Å²) in [4.78, 5) is 1.20. The van der Waals surface area contributed by atoms with E-state index in [4.69, 9.17) is 23.2 Å². The van der Waals surface area contributed by atoms with Gasteiger partial charge < -0.3 is 0 Å². The van der Waals surface area contributed by atoms with Gasteiger partial charge in [0, 0.05) is 9.35 Å². The second kappa shape index (κ2) is 6.79. The standard InChI is InChI=1S/C13H17BrCl2S/c14-10-8-12(17-13(10)16)11(15)7-9-5-3-1-2-4-6-9/h8-9,11H,1-7H2. The first-order valence-corrected chi connectivity index (χ1v) is 8.68. The van der Waals surface area contributed by atoms with Gasteiger partial charge in [-0.15, -0.1) is 22.9 Å². The molecule has 0 aromatic carbocycles. The van der Waals surface area contributed by atoms with Gasteiger partial charge in [-0.3, -0.25) is 0 Å². The molecule has 0 nitrogen and oxygen atoms in total. The summed E-state index contributed by atoms with van der Waals surface area (Å²) in [5, 5.41) is 0.131. The Morgan fingerprint density at radius 3 is 2.47 bits per heavy atom. The van der Waals surface area contributed by atoms with Crippen LogP contribution in [0, 0.1) is 5.92 Å². The number of halogens is 3. The number of rotatable bonds is 3. The molecule has 1 saturated carbocycles. The van der Waals surface area contributed by atoms with Crippen LogP contribution in [0.25, 0.3) is 0 Å². The summed E-state index contributed by atoms with van der Waals surface area (Å²) in [7, 11) is 0. The fourth-order valence-electron chi connectivity index (χ4n) is 2.53. The van der Waals surface area contributed by atoms with E-state index in [-0.39, 0.29) is 5.38 Å². The lowest BCUT2D eigenvalue weighted by Gasteiger charge is -2.16. The average molecular weight is 356 g/mol. The van der Waals surface area contributed by atoms with Gasteiger partial charge in [-0.25, -0.2) is 0 Å². The molecule has 96 valence electrons. The first-order valence-electron chi connectivity index (χ1n) is 6.25. The number of hydrogen-bond acceptors (Lipinski definition) is 1. The lowest BCUT2D eigenvalue weighted by molar-refractivity contribution is 0.424. The molecule has 1 aromatic rings. The van der Waals surface area contributed by atoms with Crippen LogP contribution in [0.3, 0.4) is 0 Å². The zero-order chi connectivity index (χ0) is 12.3. The summed E-state index contributed by atoms with van der Waals surface area (Å²) in [6.45, 7) is 0. The van der Waals surface area contributed by atoms with Crippen LogP contribution in [0.5, 0.6) is 0 Å². The van der Waals surface area contributed by atoms with Crippen molar-refractivity contribution in [2.75, 3.05) is 0 Å². The average Bonchev–Trinajstić information content (AvgIpc) is 2.54. The maximum Gasteiger partial charge on any atom is 0.107 e. The Hall–Kier alpha value is 0.760. The van der Waals surface area contributed by atoms with Crippen molar-refractivity contribution in [3.63, 3.8) is 0 Å². The van der Waals surface area contributed by atoms with Crippen LogP contribution in [-0.4, -0.2) is 0 Å². The molecule has 1 heterocycles. The molecule has 1 unspecified atom stereocenters. The summed E-state index contributed by atoms with van der Waals surface area (Å²) in [5.41, 5.74) is 0. The molecule has 1 aliphatic rings. The van der Waals surface area contributed by atoms with Crippen molar-refractivity contribution >= 4 is 50.5 Å². The molecule has 1 atom stereocenters. The molecule has 1 aromatic heterocycles. The lowest BCUT2D eigenvalue weighted by atomic mass is 9.94. The van der Waals surface area contributed by atoms with Gasteiger partial charge >= 0.3 is 0 Å². The first-order chi connectivity index (χ1) is 8.16. The van der Waals surface area contributed by atoms with Gasteiger partial charge in [-0.05, 0) is 34.3 Å². The van der Waals surface area contributed by atoms with Crippen molar-refractivity contribution < 1.29 is 0 Å². The second-order valence-corrected chi connectivity index (χ2v) is 7.90. The Morgan fingerprint density at radius 1 is 1.29 bits per heavy atom. The number of hydrogen-bond donors (Lipinski definition) is 0. The highest BCUT2D eigenvalue weighted by Gasteiger charge is 2.20. The smallest absolute Gasteiger partial charge is 0.107 e. The molecule has 0 amide bonds. The van der Waals surface area contributed by atoms with Crippen molar-refractivity contribution in [3.05, 3.63) is 19.8 Å². The van der Waals surface area contributed by atoms with Gasteiger partial charge in [0.05, 0.1) is 5.38 Å². The van der Waals surface area contributed by atoms with Crippen LogP contribution >= 0.6 is 50.5 Å². The summed E-state index contributed by atoms with van der Waals surface area (Å²) < 4.78 is 1.79. The van der Waals surface area contributed by atoms with Gasteiger partial charge in [0.15, 0.2) is 0 Å². The van der Waals surface area contributed by atoms with E-state index >= 15 is 0 Å². The Kier molecular flexibility index (Phi) is 5.66. The summed E-state index contributed by atoms with van der Waals surface area (Å²) in [6.07, 6.45) is 9.36. The monoisotopic (exact) mass is 354 g/mol. The molecule has 0 aliphatic heterocycles. The number of alkyl halides is 1. The highest BCUT2D eigenvalue weighted by Crippen LogP contribution is 2.41. The quantitative estimate of drug-likeness (QED) is 0.412.